The van der Waals surface area contributed by atoms with Crippen LogP contribution < -0.4 is 0 Å². The third kappa shape index (κ3) is 4.32. The maximum atomic E-state index is 9.08. The summed E-state index contributed by atoms with van der Waals surface area (Å²) in [4.78, 5) is 0. The van der Waals surface area contributed by atoms with Gasteiger partial charge in [-0.3, -0.25) is 0 Å². The minimum absolute atomic E-state index is 0.0227. The molecule has 2 nitrogen and oxygen atoms in total. The van der Waals surface area contributed by atoms with E-state index in [-0.39, 0.29) is 19.1 Å². The van der Waals surface area contributed by atoms with E-state index in [0.29, 0.717) is 0 Å². The van der Waals surface area contributed by atoms with E-state index in [0.717, 1.165) is 24.7 Å². The first kappa shape index (κ1) is 15.5. The van der Waals surface area contributed by atoms with Crippen LogP contribution in [0.5, 0.6) is 0 Å². The van der Waals surface area contributed by atoms with Crippen LogP contribution >= 0.6 is 0 Å². The normalized spacial score (nSPS) is 23.2. The highest BCUT2D eigenvalue weighted by molar-refractivity contribution is 5.26. The number of aliphatic hydroxyl groups is 2. The molecule has 1 aliphatic rings. The van der Waals surface area contributed by atoms with Crippen molar-refractivity contribution >= 4 is 0 Å². The van der Waals surface area contributed by atoms with Gasteiger partial charge in [0.25, 0.3) is 0 Å². The van der Waals surface area contributed by atoms with Crippen molar-refractivity contribution in [2.45, 2.75) is 51.4 Å². The van der Waals surface area contributed by atoms with Crippen LogP contribution in [0.3, 0.4) is 0 Å². The number of hydrogen-bond acceptors (Lipinski definition) is 2. The van der Waals surface area contributed by atoms with Crippen molar-refractivity contribution in [2.24, 2.45) is 11.8 Å². The van der Waals surface area contributed by atoms with Gasteiger partial charge in [-0.2, -0.15) is 0 Å². The molecule has 0 saturated heterocycles. The van der Waals surface area contributed by atoms with E-state index < -0.39 is 0 Å². The summed E-state index contributed by atoms with van der Waals surface area (Å²) in [5.74, 6) is 1.68. The molecule has 0 unspecified atom stereocenters. The fourth-order valence-electron chi connectivity index (χ4n) is 3.16. The summed E-state index contributed by atoms with van der Waals surface area (Å²) in [5.41, 5.74) is 2.80. The Labute approximate surface area is 122 Å². The molecular formula is C18H28O2. The van der Waals surface area contributed by atoms with Crippen molar-refractivity contribution in [1.29, 1.82) is 0 Å². The van der Waals surface area contributed by atoms with Gasteiger partial charge < -0.3 is 10.2 Å². The van der Waals surface area contributed by atoms with E-state index >= 15 is 0 Å². The second-order valence-electron chi connectivity index (χ2n) is 6.47. The lowest BCUT2D eigenvalue weighted by Gasteiger charge is -2.26. The molecule has 0 heterocycles. The van der Waals surface area contributed by atoms with E-state index in [9.17, 15) is 0 Å². The molecule has 0 aliphatic heterocycles. The Morgan fingerprint density at radius 3 is 2.15 bits per heavy atom. The monoisotopic (exact) mass is 276 g/mol. The Bertz CT molecular complexity index is 373. The van der Waals surface area contributed by atoms with Gasteiger partial charge in [-0.1, -0.05) is 44.0 Å². The van der Waals surface area contributed by atoms with Gasteiger partial charge in [-0.05, 0) is 48.6 Å². The lowest BCUT2D eigenvalue weighted by Crippen LogP contribution is -2.12. The van der Waals surface area contributed by atoms with E-state index in [2.05, 4.69) is 31.2 Å². The molecule has 0 radical (unpaired) electrons. The molecule has 2 heteroatoms. The van der Waals surface area contributed by atoms with Gasteiger partial charge in [-0.15, -0.1) is 0 Å². The third-order valence-electron chi connectivity index (χ3n) is 4.82. The first-order chi connectivity index (χ1) is 9.72. The Kier molecular flexibility index (Phi) is 6.06. The van der Waals surface area contributed by atoms with Gasteiger partial charge in [0.2, 0.25) is 0 Å². The Morgan fingerprint density at radius 2 is 1.60 bits per heavy atom. The summed E-state index contributed by atoms with van der Waals surface area (Å²) in [6, 6.07) is 9.00. The largest absolute Gasteiger partial charge is 0.396 e. The highest BCUT2D eigenvalue weighted by Crippen LogP contribution is 2.35. The van der Waals surface area contributed by atoms with Crippen LogP contribution in [0.2, 0.25) is 0 Å². The zero-order valence-corrected chi connectivity index (χ0v) is 12.6. The SMILES string of the molecule is CC1CCC(c2ccc(CCC(CO)CO)cc2)CC1. The van der Waals surface area contributed by atoms with Gasteiger partial charge in [0, 0.05) is 19.1 Å². The first-order valence-electron chi connectivity index (χ1n) is 8.03. The average Bonchev–Trinajstić information content (AvgIpc) is 2.50. The maximum Gasteiger partial charge on any atom is 0.0481 e. The molecule has 0 amide bonds. The molecular weight excluding hydrogens is 248 g/mol. The minimum Gasteiger partial charge on any atom is -0.396 e. The Hall–Kier alpha value is -0.860. The molecule has 2 N–H and O–H groups in total. The van der Waals surface area contributed by atoms with Crippen LogP contribution in [0.15, 0.2) is 24.3 Å². The zero-order chi connectivity index (χ0) is 14.4. The summed E-state index contributed by atoms with van der Waals surface area (Å²) in [5, 5.41) is 18.2. The molecule has 0 atom stereocenters. The van der Waals surface area contributed by atoms with E-state index in [1.54, 1.807) is 0 Å². The third-order valence-corrected chi connectivity index (χ3v) is 4.82. The predicted molar refractivity (Wildman–Crippen MR) is 82.8 cm³/mol. The summed E-state index contributed by atoms with van der Waals surface area (Å²) >= 11 is 0. The Morgan fingerprint density at radius 1 is 1.00 bits per heavy atom. The van der Waals surface area contributed by atoms with Crippen LogP contribution in [0.1, 0.15) is 56.1 Å². The second-order valence-corrected chi connectivity index (χ2v) is 6.47. The summed E-state index contributed by atoms with van der Waals surface area (Å²) in [6.45, 7) is 2.52. The summed E-state index contributed by atoms with van der Waals surface area (Å²) in [7, 11) is 0. The molecule has 1 aromatic rings. The van der Waals surface area contributed by atoms with Crippen LogP contribution in [-0.2, 0) is 6.42 Å². The summed E-state index contributed by atoms with van der Waals surface area (Å²) < 4.78 is 0. The highest BCUT2D eigenvalue weighted by atomic mass is 16.3. The molecule has 1 fully saturated rings. The molecule has 0 bridgehead atoms. The van der Waals surface area contributed by atoms with Gasteiger partial charge in [0.05, 0.1) is 0 Å². The topological polar surface area (TPSA) is 40.5 Å². The number of aliphatic hydroxyl groups excluding tert-OH is 2. The molecule has 1 saturated carbocycles. The van der Waals surface area contributed by atoms with E-state index in [1.807, 2.05) is 0 Å². The number of rotatable bonds is 6. The van der Waals surface area contributed by atoms with Crippen LogP contribution in [-0.4, -0.2) is 23.4 Å². The van der Waals surface area contributed by atoms with Crippen LogP contribution in [0.4, 0.5) is 0 Å². The van der Waals surface area contributed by atoms with Crippen molar-refractivity contribution in [3.63, 3.8) is 0 Å². The first-order valence-corrected chi connectivity index (χ1v) is 8.03. The van der Waals surface area contributed by atoms with Crippen LogP contribution in [0.25, 0.3) is 0 Å². The number of hydrogen-bond donors (Lipinski definition) is 2. The molecule has 0 aromatic heterocycles. The van der Waals surface area contributed by atoms with E-state index in [4.69, 9.17) is 10.2 Å². The minimum atomic E-state index is 0.0227. The molecule has 1 aliphatic carbocycles. The number of benzene rings is 1. The smallest absolute Gasteiger partial charge is 0.0481 e. The molecule has 1 aromatic carbocycles. The fourth-order valence-corrected chi connectivity index (χ4v) is 3.16. The van der Waals surface area contributed by atoms with Crippen molar-refractivity contribution in [3.8, 4) is 0 Å². The summed E-state index contributed by atoms with van der Waals surface area (Å²) in [6.07, 6.45) is 7.18. The quantitative estimate of drug-likeness (QED) is 0.834. The van der Waals surface area contributed by atoms with Crippen molar-refractivity contribution in [2.75, 3.05) is 13.2 Å². The average molecular weight is 276 g/mol. The number of aryl methyl sites for hydroxylation is 1. The van der Waals surface area contributed by atoms with Gasteiger partial charge in [0.1, 0.15) is 0 Å². The standard InChI is InChI=1S/C18H28O2/c1-14-2-8-17(9-3-14)18-10-6-15(7-11-18)4-5-16(12-19)13-20/h6-7,10-11,14,16-17,19-20H,2-5,8-9,12-13H2,1H3. The van der Waals surface area contributed by atoms with Gasteiger partial charge in [-0.25, -0.2) is 0 Å². The fraction of sp³-hybridized carbons (Fsp3) is 0.667. The van der Waals surface area contributed by atoms with Gasteiger partial charge in [0.15, 0.2) is 0 Å². The lowest BCUT2D eigenvalue weighted by molar-refractivity contribution is 0.144. The van der Waals surface area contributed by atoms with Crippen LogP contribution in [0, 0.1) is 11.8 Å². The second kappa shape index (κ2) is 7.80. The Balaban J connectivity index is 1.86. The van der Waals surface area contributed by atoms with Crippen molar-refractivity contribution < 1.29 is 10.2 Å². The molecule has 112 valence electrons. The molecule has 20 heavy (non-hydrogen) atoms. The molecule has 2 rings (SSSR count). The lowest BCUT2D eigenvalue weighted by atomic mass is 9.79. The van der Waals surface area contributed by atoms with E-state index in [1.165, 1.54) is 36.8 Å². The molecule has 0 spiro atoms. The zero-order valence-electron chi connectivity index (χ0n) is 12.6. The predicted octanol–water partition coefficient (Wildman–Crippen LogP) is 3.51. The van der Waals surface area contributed by atoms with Crippen molar-refractivity contribution in [1.82, 2.24) is 0 Å². The van der Waals surface area contributed by atoms with Crippen molar-refractivity contribution in [3.05, 3.63) is 35.4 Å². The van der Waals surface area contributed by atoms with Gasteiger partial charge >= 0.3 is 0 Å². The maximum absolute atomic E-state index is 9.08. The highest BCUT2D eigenvalue weighted by Gasteiger charge is 2.19.